The van der Waals surface area contributed by atoms with Crippen LogP contribution in [0.2, 0.25) is 0 Å². The van der Waals surface area contributed by atoms with Gasteiger partial charge in [-0.1, -0.05) is 55.3 Å². The minimum Gasteiger partial charge on any atom is -0.337 e. The Kier molecular flexibility index (Phi) is 5.57. The molecule has 0 fully saturated rings. The molecule has 1 aliphatic rings. The molecule has 2 aromatic carbocycles. The lowest BCUT2D eigenvalue weighted by atomic mass is 9.95. The fourth-order valence-corrected chi connectivity index (χ4v) is 4.74. The van der Waals surface area contributed by atoms with Gasteiger partial charge in [-0.25, -0.2) is 0 Å². The highest BCUT2D eigenvalue weighted by atomic mass is 32.2. The van der Waals surface area contributed by atoms with Crippen molar-refractivity contribution in [3.05, 3.63) is 42.5 Å². The first kappa shape index (κ1) is 17.4. The fraction of sp³-hybridized carbons (Fsp3) is 0.400. The van der Waals surface area contributed by atoms with E-state index < -0.39 is 0 Å². The van der Waals surface area contributed by atoms with Crippen molar-refractivity contribution in [1.82, 2.24) is 5.32 Å². The van der Waals surface area contributed by atoms with Crippen LogP contribution in [-0.2, 0) is 0 Å². The lowest BCUT2D eigenvalue weighted by Gasteiger charge is -2.38. The minimum absolute atomic E-state index is 0.456. The zero-order valence-corrected chi connectivity index (χ0v) is 16.0. The van der Waals surface area contributed by atoms with Crippen LogP contribution in [0.1, 0.15) is 33.6 Å². The molecule has 0 aliphatic carbocycles. The Bertz CT molecular complexity index is 704. The van der Waals surface area contributed by atoms with Gasteiger partial charge in [0.15, 0.2) is 0 Å². The Balaban J connectivity index is 1.97. The van der Waals surface area contributed by atoms with E-state index in [4.69, 9.17) is 0 Å². The van der Waals surface area contributed by atoms with Crippen LogP contribution in [0.4, 0.5) is 11.4 Å². The standard InChI is InChI=1S/C20H27BN2S/c1-4-16(22-5-2)12-14(3)23-17-8-6-7-9-19(17)24-20-13-15(21)10-11-18(20)23/h6-11,13-14,16,22H,4-5,12,21H2,1-3H3. The maximum absolute atomic E-state index is 3.63. The molecule has 1 N–H and O–H groups in total. The summed E-state index contributed by atoms with van der Waals surface area (Å²) in [5, 5.41) is 3.63. The Labute approximate surface area is 151 Å². The zero-order valence-electron chi connectivity index (χ0n) is 15.2. The zero-order chi connectivity index (χ0) is 17.1. The van der Waals surface area contributed by atoms with Gasteiger partial charge in [0.2, 0.25) is 0 Å². The molecule has 126 valence electrons. The number of anilines is 2. The van der Waals surface area contributed by atoms with Crippen LogP contribution in [0.25, 0.3) is 0 Å². The number of para-hydroxylation sites is 1. The second kappa shape index (κ2) is 7.67. The van der Waals surface area contributed by atoms with E-state index in [-0.39, 0.29) is 0 Å². The van der Waals surface area contributed by atoms with Gasteiger partial charge in [-0.15, -0.1) is 0 Å². The molecule has 2 atom stereocenters. The molecule has 3 rings (SSSR count). The molecule has 2 nitrogen and oxygen atoms in total. The van der Waals surface area contributed by atoms with Crippen LogP contribution in [0.3, 0.4) is 0 Å². The van der Waals surface area contributed by atoms with E-state index in [1.165, 1.54) is 33.0 Å². The monoisotopic (exact) mass is 338 g/mol. The van der Waals surface area contributed by atoms with E-state index in [2.05, 4.69) is 81.3 Å². The van der Waals surface area contributed by atoms with Gasteiger partial charge >= 0.3 is 0 Å². The van der Waals surface area contributed by atoms with Gasteiger partial charge < -0.3 is 10.2 Å². The van der Waals surface area contributed by atoms with Crippen LogP contribution < -0.4 is 15.7 Å². The van der Waals surface area contributed by atoms with Crippen LogP contribution in [0.15, 0.2) is 52.3 Å². The van der Waals surface area contributed by atoms with E-state index in [1.54, 1.807) is 0 Å². The second-order valence-corrected chi connectivity index (χ2v) is 7.74. The summed E-state index contributed by atoms with van der Waals surface area (Å²) in [5.41, 5.74) is 4.02. The SMILES string of the molecule is Bc1ccc2c(c1)Sc1ccccc1N2C(C)CC(CC)NCC. The summed E-state index contributed by atoms with van der Waals surface area (Å²) in [7, 11) is 2.17. The van der Waals surface area contributed by atoms with Crippen molar-refractivity contribution in [2.75, 3.05) is 11.4 Å². The molecule has 2 aromatic rings. The molecule has 1 aliphatic heterocycles. The average Bonchev–Trinajstić information content (AvgIpc) is 2.58. The molecule has 0 aromatic heterocycles. The van der Waals surface area contributed by atoms with Crippen LogP contribution in [-0.4, -0.2) is 26.5 Å². The number of benzene rings is 2. The smallest absolute Gasteiger partial charge is 0.139 e. The van der Waals surface area contributed by atoms with E-state index >= 15 is 0 Å². The van der Waals surface area contributed by atoms with Crippen molar-refractivity contribution in [2.45, 2.75) is 55.5 Å². The van der Waals surface area contributed by atoms with E-state index in [1.807, 2.05) is 11.8 Å². The van der Waals surface area contributed by atoms with E-state index in [0.29, 0.717) is 12.1 Å². The number of nitrogens with one attached hydrogen (secondary N) is 1. The Morgan fingerprint density at radius 1 is 1.08 bits per heavy atom. The fourth-order valence-electron chi connectivity index (χ4n) is 3.57. The summed E-state index contributed by atoms with van der Waals surface area (Å²) in [5.74, 6) is 0. The number of fused-ring (bicyclic) bond motifs is 2. The molecule has 0 saturated heterocycles. The molecule has 0 amide bonds. The summed E-state index contributed by atoms with van der Waals surface area (Å²) in [6, 6.07) is 16.7. The summed E-state index contributed by atoms with van der Waals surface area (Å²) in [6.07, 6.45) is 2.32. The predicted octanol–water partition coefficient (Wildman–Crippen LogP) is 3.71. The van der Waals surface area contributed by atoms with Gasteiger partial charge in [-0.2, -0.15) is 0 Å². The maximum atomic E-state index is 3.63. The Hall–Kier alpha value is -1.39. The summed E-state index contributed by atoms with van der Waals surface area (Å²) >= 11 is 1.90. The Morgan fingerprint density at radius 3 is 2.58 bits per heavy atom. The van der Waals surface area contributed by atoms with Crippen molar-refractivity contribution in [1.29, 1.82) is 0 Å². The largest absolute Gasteiger partial charge is 0.337 e. The summed E-state index contributed by atoms with van der Waals surface area (Å²) < 4.78 is 0. The molecule has 0 spiro atoms. The first-order valence-electron chi connectivity index (χ1n) is 9.04. The molecular formula is C20H27BN2S. The summed E-state index contributed by atoms with van der Waals surface area (Å²) in [6.45, 7) is 7.86. The third-order valence-corrected chi connectivity index (χ3v) is 5.88. The average molecular weight is 338 g/mol. The van der Waals surface area contributed by atoms with Crippen molar-refractivity contribution in [2.24, 2.45) is 0 Å². The van der Waals surface area contributed by atoms with Gasteiger partial charge in [0, 0.05) is 21.9 Å². The van der Waals surface area contributed by atoms with Gasteiger partial charge in [0.05, 0.1) is 11.4 Å². The lowest BCUT2D eigenvalue weighted by molar-refractivity contribution is 0.444. The molecule has 4 heteroatoms. The molecule has 2 unspecified atom stereocenters. The first-order chi connectivity index (χ1) is 11.6. The van der Waals surface area contributed by atoms with Gasteiger partial charge in [0.25, 0.3) is 0 Å². The minimum atomic E-state index is 0.456. The Morgan fingerprint density at radius 2 is 1.83 bits per heavy atom. The second-order valence-electron chi connectivity index (χ2n) is 6.66. The van der Waals surface area contributed by atoms with Crippen LogP contribution in [0, 0.1) is 0 Å². The topological polar surface area (TPSA) is 15.3 Å². The van der Waals surface area contributed by atoms with Crippen molar-refractivity contribution < 1.29 is 0 Å². The highest BCUT2D eigenvalue weighted by molar-refractivity contribution is 7.99. The molecule has 24 heavy (non-hydrogen) atoms. The normalized spacial score (nSPS) is 15.5. The highest BCUT2D eigenvalue weighted by Crippen LogP contribution is 2.48. The molecule has 0 radical (unpaired) electrons. The van der Waals surface area contributed by atoms with Gasteiger partial charge in [-0.3, -0.25) is 0 Å². The first-order valence-corrected chi connectivity index (χ1v) is 9.85. The van der Waals surface area contributed by atoms with Crippen molar-refractivity contribution in [3.8, 4) is 0 Å². The third kappa shape index (κ3) is 3.50. The van der Waals surface area contributed by atoms with Crippen LogP contribution in [0.5, 0.6) is 0 Å². The molecule has 0 bridgehead atoms. The molecule has 0 saturated carbocycles. The van der Waals surface area contributed by atoms with Crippen LogP contribution >= 0.6 is 11.8 Å². The molecular weight excluding hydrogens is 311 g/mol. The predicted molar refractivity (Wildman–Crippen MR) is 109 cm³/mol. The summed E-state index contributed by atoms with van der Waals surface area (Å²) in [4.78, 5) is 5.27. The molecule has 1 heterocycles. The maximum Gasteiger partial charge on any atom is 0.139 e. The van der Waals surface area contributed by atoms with Crippen molar-refractivity contribution >= 4 is 36.4 Å². The number of hydrogen-bond donors (Lipinski definition) is 1. The number of nitrogens with zero attached hydrogens (tertiary/aromatic N) is 1. The highest BCUT2D eigenvalue weighted by Gasteiger charge is 2.27. The quantitative estimate of drug-likeness (QED) is 0.809. The number of hydrogen-bond acceptors (Lipinski definition) is 3. The third-order valence-electron chi connectivity index (χ3n) is 4.77. The van der Waals surface area contributed by atoms with E-state index in [0.717, 1.165) is 13.0 Å². The number of rotatable bonds is 6. The van der Waals surface area contributed by atoms with Crippen molar-refractivity contribution in [3.63, 3.8) is 0 Å². The van der Waals surface area contributed by atoms with E-state index in [9.17, 15) is 0 Å². The van der Waals surface area contributed by atoms with Gasteiger partial charge in [-0.05, 0) is 44.5 Å². The lowest BCUT2D eigenvalue weighted by Crippen LogP contribution is -2.38. The van der Waals surface area contributed by atoms with Gasteiger partial charge in [0.1, 0.15) is 7.85 Å².